The number of rotatable bonds is 2. The molecule has 1 aliphatic rings. The number of nitrogens with two attached hydrogens (primary N) is 1. The summed E-state index contributed by atoms with van der Waals surface area (Å²) in [5.41, 5.74) is 7.95. The lowest BCUT2D eigenvalue weighted by Gasteiger charge is -2.09. The molecule has 1 fully saturated rings. The highest BCUT2D eigenvalue weighted by atomic mass is 16.7. The first-order valence-corrected chi connectivity index (χ1v) is 5.34. The Kier molecular flexibility index (Phi) is 2.27. The number of benzene rings is 1. The molecule has 0 spiro atoms. The molecule has 1 aromatic carbocycles. The standard InChI is InChI=1S/C11H13N3O2/c12-8-2-3-10-9(6-8)13-11(16-10)7-14-4-1-5-15-14/h2-3,6H,1,4-5,7,12H2. The maximum absolute atomic E-state index is 5.68. The van der Waals surface area contributed by atoms with E-state index in [1.165, 1.54) is 0 Å². The Labute approximate surface area is 92.7 Å². The van der Waals surface area contributed by atoms with Crippen molar-refractivity contribution in [1.82, 2.24) is 10.0 Å². The second-order valence-electron chi connectivity index (χ2n) is 3.89. The summed E-state index contributed by atoms with van der Waals surface area (Å²) in [6, 6.07) is 5.46. The minimum Gasteiger partial charge on any atom is -0.439 e. The van der Waals surface area contributed by atoms with Gasteiger partial charge in [-0.25, -0.2) is 4.98 Å². The number of hydrogen-bond donors (Lipinski definition) is 1. The molecule has 0 radical (unpaired) electrons. The minimum atomic E-state index is 0.592. The van der Waals surface area contributed by atoms with Gasteiger partial charge in [-0.15, -0.1) is 0 Å². The van der Waals surface area contributed by atoms with Crippen LogP contribution in [0.5, 0.6) is 0 Å². The van der Waals surface area contributed by atoms with Crippen molar-refractivity contribution in [2.45, 2.75) is 13.0 Å². The Morgan fingerprint density at radius 3 is 3.19 bits per heavy atom. The predicted octanol–water partition coefficient (Wildman–Crippen LogP) is 1.55. The maximum atomic E-state index is 5.68. The Morgan fingerprint density at radius 2 is 2.38 bits per heavy atom. The molecular formula is C11H13N3O2. The van der Waals surface area contributed by atoms with Gasteiger partial charge >= 0.3 is 0 Å². The normalized spacial score (nSPS) is 17.2. The van der Waals surface area contributed by atoms with Crippen LogP contribution in [0.4, 0.5) is 5.69 Å². The number of nitrogen functional groups attached to an aromatic ring is 1. The lowest BCUT2D eigenvalue weighted by Crippen LogP contribution is -2.17. The molecule has 0 atom stereocenters. The topological polar surface area (TPSA) is 64.5 Å². The van der Waals surface area contributed by atoms with Gasteiger partial charge in [0.05, 0.1) is 6.61 Å². The van der Waals surface area contributed by atoms with E-state index in [1.54, 1.807) is 0 Å². The predicted molar refractivity (Wildman–Crippen MR) is 59.4 cm³/mol. The van der Waals surface area contributed by atoms with Crippen LogP contribution >= 0.6 is 0 Å². The Morgan fingerprint density at radius 1 is 1.44 bits per heavy atom. The second-order valence-corrected chi connectivity index (χ2v) is 3.89. The molecule has 0 amide bonds. The van der Waals surface area contributed by atoms with Crippen molar-refractivity contribution in [2.24, 2.45) is 0 Å². The summed E-state index contributed by atoms with van der Waals surface area (Å²) in [7, 11) is 0. The molecule has 0 bridgehead atoms. The summed E-state index contributed by atoms with van der Waals surface area (Å²) in [6.07, 6.45) is 1.06. The Bertz CT molecular complexity index is 503. The molecule has 2 aromatic rings. The van der Waals surface area contributed by atoms with E-state index < -0.39 is 0 Å². The zero-order valence-electron chi connectivity index (χ0n) is 8.85. The van der Waals surface area contributed by atoms with Gasteiger partial charge in [-0.05, 0) is 24.6 Å². The maximum Gasteiger partial charge on any atom is 0.212 e. The van der Waals surface area contributed by atoms with Gasteiger partial charge in [-0.2, -0.15) is 5.06 Å². The van der Waals surface area contributed by atoms with Gasteiger partial charge in [0.15, 0.2) is 5.58 Å². The summed E-state index contributed by atoms with van der Waals surface area (Å²) in [6.45, 7) is 2.31. The summed E-state index contributed by atoms with van der Waals surface area (Å²) in [5, 5.41) is 1.87. The lowest BCUT2D eigenvalue weighted by atomic mass is 10.3. The average molecular weight is 219 g/mol. The monoisotopic (exact) mass is 219 g/mol. The van der Waals surface area contributed by atoms with Crippen LogP contribution in [0.3, 0.4) is 0 Å². The molecule has 16 heavy (non-hydrogen) atoms. The Hall–Kier alpha value is -1.59. The fourth-order valence-electron chi connectivity index (χ4n) is 1.83. The van der Waals surface area contributed by atoms with Crippen LogP contribution in [0.25, 0.3) is 11.1 Å². The summed E-state index contributed by atoms with van der Waals surface area (Å²) < 4.78 is 5.60. The van der Waals surface area contributed by atoms with E-state index in [9.17, 15) is 0 Å². The first kappa shape index (κ1) is 9.62. The zero-order chi connectivity index (χ0) is 11.0. The minimum absolute atomic E-state index is 0.592. The largest absolute Gasteiger partial charge is 0.439 e. The average Bonchev–Trinajstić information content (AvgIpc) is 2.86. The molecule has 3 rings (SSSR count). The fraction of sp³-hybridized carbons (Fsp3) is 0.364. The smallest absolute Gasteiger partial charge is 0.212 e. The highest BCUT2D eigenvalue weighted by Crippen LogP contribution is 2.20. The van der Waals surface area contributed by atoms with Gasteiger partial charge < -0.3 is 10.2 Å². The molecule has 0 unspecified atom stereocenters. The Balaban J connectivity index is 1.86. The third-order valence-corrected chi connectivity index (χ3v) is 2.59. The molecule has 0 saturated carbocycles. The molecule has 5 heteroatoms. The van der Waals surface area contributed by atoms with Gasteiger partial charge in [-0.3, -0.25) is 4.84 Å². The van der Waals surface area contributed by atoms with Crippen molar-refractivity contribution in [3.63, 3.8) is 0 Å². The highest BCUT2D eigenvalue weighted by molar-refractivity contribution is 5.76. The van der Waals surface area contributed by atoms with Crippen molar-refractivity contribution in [1.29, 1.82) is 0 Å². The quantitative estimate of drug-likeness (QED) is 0.776. The van der Waals surface area contributed by atoms with Gasteiger partial charge in [0, 0.05) is 12.2 Å². The third kappa shape index (κ3) is 1.75. The number of anilines is 1. The van der Waals surface area contributed by atoms with Gasteiger partial charge in [0.1, 0.15) is 12.1 Å². The SMILES string of the molecule is Nc1ccc2oc(CN3CCCO3)nc2c1. The van der Waals surface area contributed by atoms with Crippen molar-refractivity contribution in [2.75, 3.05) is 18.9 Å². The van der Waals surface area contributed by atoms with Crippen molar-refractivity contribution in [3.05, 3.63) is 24.1 Å². The molecule has 5 nitrogen and oxygen atoms in total. The number of nitrogens with zero attached hydrogens (tertiary/aromatic N) is 2. The second kappa shape index (κ2) is 3.77. The third-order valence-electron chi connectivity index (χ3n) is 2.59. The van der Waals surface area contributed by atoms with Crippen molar-refractivity contribution in [3.8, 4) is 0 Å². The summed E-state index contributed by atoms with van der Waals surface area (Å²) in [5.74, 6) is 0.669. The molecule has 1 aliphatic heterocycles. The van der Waals surface area contributed by atoms with Crippen LogP contribution in [0.1, 0.15) is 12.3 Å². The van der Waals surface area contributed by atoms with E-state index in [-0.39, 0.29) is 0 Å². The summed E-state index contributed by atoms with van der Waals surface area (Å²) in [4.78, 5) is 9.75. The molecular weight excluding hydrogens is 206 g/mol. The summed E-state index contributed by atoms with van der Waals surface area (Å²) >= 11 is 0. The first-order valence-electron chi connectivity index (χ1n) is 5.34. The lowest BCUT2D eigenvalue weighted by molar-refractivity contribution is -0.121. The number of oxazole rings is 1. The zero-order valence-corrected chi connectivity index (χ0v) is 8.85. The van der Waals surface area contributed by atoms with Crippen LogP contribution in [-0.2, 0) is 11.4 Å². The molecule has 1 aromatic heterocycles. The van der Waals surface area contributed by atoms with Crippen LogP contribution < -0.4 is 5.73 Å². The van der Waals surface area contributed by atoms with E-state index in [0.717, 1.165) is 30.7 Å². The van der Waals surface area contributed by atoms with Crippen LogP contribution in [0, 0.1) is 0 Å². The first-order chi connectivity index (χ1) is 7.81. The van der Waals surface area contributed by atoms with Crippen molar-refractivity contribution < 1.29 is 9.25 Å². The molecule has 2 heterocycles. The molecule has 84 valence electrons. The van der Waals surface area contributed by atoms with Gasteiger partial charge in [-0.1, -0.05) is 0 Å². The van der Waals surface area contributed by atoms with E-state index in [0.29, 0.717) is 18.1 Å². The number of fused-ring (bicyclic) bond motifs is 1. The number of hydroxylamine groups is 2. The van der Waals surface area contributed by atoms with Crippen LogP contribution in [0.2, 0.25) is 0 Å². The van der Waals surface area contributed by atoms with E-state index in [1.807, 2.05) is 23.3 Å². The van der Waals surface area contributed by atoms with Gasteiger partial charge in [0.2, 0.25) is 5.89 Å². The van der Waals surface area contributed by atoms with Gasteiger partial charge in [0.25, 0.3) is 0 Å². The van der Waals surface area contributed by atoms with Crippen LogP contribution in [-0.4, -0.2) is 23.2 Å². The number of hydrogen-bond acceptors (Lipinski definition) is 5. The molecule has 1 saturated heterocycles. The molecule has 0 aliphatic carbocycles. The fourth-order valence-corrected chi connectivity index (χ4v) is 1.83. The van der Waals surface area contributed by atoms with E-state index >= 15 is 0 Å². The van der Waals surface area contributed by atoms with E-state index in [4.69, 9.17) is 15.0 Å². The number of aromatic nitrogens is 1. The highest BCUT2D eigenvalue weighted by Gasteiger charge is 2.16. The van der Waals surface area contributed by atoms with Crippen molar-refractivity contribution >= 4 is 16.8 Å². The molecule has 2 N–H and O–H groups in total. The van der Waals surface area contributed by atoms with Crippen LogP contribution in [0.15, 0.2) is 22.6 Å². The van der Waals surface area contributed by atoms with E-state index in [2.05, 4.69) is 4.98 Å².